The molecule has 3 atom stereocenters. The van der Waals surface area contributed by atoms with Crippen LogP contribution < -0.4 is 10.1 Å². The van der Waals surface area contributed by atoms with Gasteiger partial charge in [-0.25, -0.2) is 0 Å². The lowest BCUT2D eigenvalue weighted by atomic mass is 9.88. The van der Waals surface area contributed by atoms with Crippen LogP contribution in [-0.2, 0) is 9.53 Å². The Hall–Kier alpha value is -2.04. The minimum atomic E-state index is -0.0410. The first-order valence-electron chi connectivity index (χ1n) is 8.59. The Morgan fingerprint density at radius 1 is 1.20 bits per heavy atom. The van der Waals surface area contributed by atoms with Crippen LogP contribution >= 0.6 is 11.6 Å². The zero-order valence-electron chi connectivity index (χ0n) is 14.0. The van der Waals surface area contributed by atoms with Crippen molar-refractivity contribution in [1.29, 1.82) is 0 Å². The minimum absolute atomic E-state index is 0.0356. The Morgan fingerprint density at radius 2 is 2.00 bits per heavy atom. The summed E-state index contributed by atoms with van der Waals surface area (Å²) in [6.45, 7) is 1.97. The van der Waals surface area contributed by atoms with Crippen molar-refractivity contribution in [1.82, 2.24) is 0 Å². The van der Waals surface area contributed by atoms with Crippen LogP contribution in [0.3, 0.4) is 0 Å². The summed E-state index contributed by atoms with van der Waals surface area (Å²) in [5.41, 5.74) is 1.73. The fourth-order valence-corrected chi connectivity index (χ4v) is 3.69. The topological polar surface area (TPSA) is 47.6 Å². The summed E-state index contributed by atoms with van der Waals surface area (Å²) < 4.78 is 11.7. The van der Waals surface area contributed by atoms with Crippen molar-refractivity contribution in [3.8, 4) is 11.5 Å². The van der Waals surface area contributed by atoms with E-state index in [0.717, 1.165) is 30.5 Å². The molecule has 130 valence electrons. The van der Waals surface area contributed by atoms with E-state index in [1.165, 1.54) is 0 Å². The summed E-state index contributed by atoms with van der Waals surface area (Å²) in [5.74, 6) is 1.41. The number of amides is 1. The molecule has 4 nitrogen and oxygen atoms in total. The van der Waals surface area contributed by atoms with Crippen LogP contribution in [-0.4, -0.2) is 18.1 Å². The van der Waals surface area contributed by atoms with Gasteiger partial charge in [-0.1, -0.05) is 17.7 Å². The average molecular weight is 358 g/mol. The monoisotopic (exact) mass is 357 g/mol. The molecule has 25 heavy (non-hydrogen) atoms. The number of rotatable bonds is 4. The summed E-state index contributed by atoms with van der Waals surface area (Å²) in [4.78, 5) is 12.6. The first kappa shape index (κ1) is 16.4. The fourth-order valence-electron chi connectivity index (χ4n) is 3.57. The maximum Gasteiger partial charge on any atom is 0.230 e. The van der Waals surface area contributed by atoms with Gasteiger partial charge in [0.2, 0.25) is 5.91 Å². The summed E-state index contributed by atoms with van der Waals surface area (Å²) in [6, 6.07) is 12.9. The Morgan fingerprint density at radius 3 is 2.68 bits per heavy atom. The zero-order valence-corrected chi connectivity index (χ0v) is 14.8. The van der Waals surface area contributed by atoms with E-state index in [4.69, 9.17) is 21.1 Å². The second kappa shape index (κ2) is 6.70. The lowest BCUT2D eigenvalue weighted by molar-refractivity contribution is -0.121. The lowest BCUT2D eigenvalue weighted by Crippen LogP contribution is -2.30. The van der Waals surface area contributed by atoms with E-state index in [1.54, 1.807) is 12.1 Å². The number of carbonyl (C=O) groups is 1. The van der Waals surface area contributed by atoms with Gasteiger partial charge in [-0.05, 0) is 62.1 Å². The van der Waals surface area contributed by atoms with Gasteiger partial charge in [-0.3, -0.25) is 4.79 Å². The van der Waals surface area contributed by atoms with Gasteiger partial charge in [0.1, 0.15) is 11.5 Å². The predicted molar refractivity (Wildman–Crippen MR) is 97.3 cm³/mol. The molecular formula is C20H20ClNO3. The molecule has 2 aliphatic heterocycles. The molecule has 2 aliphatic rings. The van der Waals surface area contributed by atoms with E-state index < -0.39 is 0 Å². The van der Waals surface area contributed by atoms with E-state index in [9.17, 15) is 4.79 Å². The van der Waals surface area contributed by atoms with Crippen molar-refractivity contribution in [3.63, 3.8) is 0 Å². The number of ether oxygens (including phenoxy) is 2. The molecule has 1 N–H and O–H groups in total. The van der Waals surface area contributed by atoms with E-state index in [1.807, 2.05) is 37.3 Å². The molecule has 2 fully saturated rings. The third kappa shape index (κ3) is 3.51. The molecule has 0 saturated carbocycles. The molecule has 2 aromatic carbocycles. The molecule has 5 heteroatoms. The zero-order chi connectivity index (χ0) is 17.4. The van der Waals surface area contributed by atoms with Crippen molar-refractivity contribution >= 4 is 23.2 Å². The number of benzene rings is 2. The van der Waals surface area contributed by atoms with Crippen LogP contribution in [0.5, 0.6) is 11.5 Å². The maximum atomic E-state index is 12.6. The third-order valence-electron chi connectivity index (χ3n) is 4.94. The molecule has 0 spiro atoms. The minimum Gasteiger partial charge on any atom is -0.457 e. The van der Waals surface area contributed by atoms with Gasteiger partial charge in [0, 0.05) is 16.8 Å². The second-order valence-corrected chi connectivity index (χ2v) is 7.18. The van der Waals surface area contributed by atoms with Crippen LogP contribution in [0.2, 0.25) is 5.02 Å². The van der Waals surface area contributed by atoms with E-state index in [-0.39, 0.29) is 24.0 Å². The molecule has 0 radical (unpaired) electrons. The van der Waals surface area contributed by atoms with Gasteiger partial charge < -0.3 is 14.8 Å². The number of halogens is 1. The van der Waals surface area contributed by atoms with Crippen molar-refractivity contribution in [2.75, 3.05) is 5.32 Å². The smallest absolute Gasteiger partial charge is 0.230 e. The van der Waals surface area contributed by atoms with Crippen molar-refractivity contribution in [2.45, 2.75) is 38.4 Å². The van der Waals surface area contributed by atoms with Crippen molar-refractivity contribution in [2.24, 2.45) is 5.92 Å². The number of fused-ring (bicyclic) bond motifs is 2. The fraction of sp³-hybridized carbons (Fsp3) is 0.350. The normalized spacial score (nSPS) is 24.3. The first-order valence-corrected chi connectivity index (χ1v) is 8.97. The molecule has 2 aromatic rings. The van der Waals surface area contributed by atoms with Crippen LogP contribution in [0.1, 0.15) is 24.8 Å². The van der Waals surface area contributed by atoms with Gasteiger partial charge in [0.05, 0.1) is 18.1 Å². The molecular weight excluding hydrogens is 338 g/mol. The Labute approximate surface area is 152 Å². The van der Waals surface area contributed by atoms with Gasteiger partial charge in [-0.15, -0.1) is 0 Å². The number of carbonyl (C=O) groups excluding carboxylic acids is 1. The summed E-state index contributed by atoms with van der Waals surface area (Å²) in [6.07, 6.45) is 3.25. The Balaban J connectivity index is 1.47. The number of nitrogens with one attached hydrogen (secondary N) is 1. The predicted octanol–water partition coefficient (Wildman–Crippen LogP) is 4.95. The molecule has 0 aromatic heterocycles. The van der Waals surface area contributed by atoms with Crippen LogP contribution in [0, 0.1) is 12.8 Å². The summed E-state index contributed by atoms with van der Waals surface area (Å²) in [7, 11) is 0. The van der Waals surface area contributed by atoms with Crippen LogP contribution in [0.15, 0.2) is 42.5 Å². The summed E-state index contributed by atoms with van der Waals surface area (Å²) >= 11 is 5.90. The summed E-state index contributed by atoms with van der Waals surface area (Å²) in [5, 5.41) is 3.68. The van der Waals surface area contributed by atoms with Gasteiger partial charge in [0.25, 0.3) is 0 Å². The average Bonchev–Trinajstić information content (AvgIpc) is 3.23. The van der Waals surface area contributed by atoms with E-state index in [2.05, 4.69) is 5.32 Å². The van der Waals surface area contributed by atoms with Crippen molar-refractivity contribution < 1.29 is 14.3 Å². The molecule has 2 heterocycles. The SMILES string of the molecule is Cc1ccc(NC(=O)C2CC3CCC2O3)cc1Oc1ccc(Cl)cc1. The van der Waals surface area contributed by atoms with Crippen LogP contribution in [0.25, 0.3) is 0 Å². The van der Waals surface area contributed by atoms with E-state index >= 15 is 0 Å². The second-order valence-electron chi connectivity index (χ2n) is 6.74. The standard InChI is InChI=1S/C20H20ClNO3/c1-12-2-5-14(10-19(12)24-15-6-3-13(21)4-7-15)22-20(23)17-11-16-8-9-18(17)25-16/h2-7,10,16-18H,8-9,11H2,1H3,(H,22,23). The largest absolute Gasteiger partial charge is 0.457 e. The molecule has 2 bridgehead atoms. The van der Waals surface area contributed by atoms with Crippen LogP contribution in [0.4, 0.5) is 5.69 Å². The number of hydrogen-bond acceptors (Lipinski definition) is 3. The molecule has 4 rings (SSSR count). The van der Waals surface area contributed by atoms with Gasteiger partial charge in [0.15, 0.2) is 0 Å². The van der Waals surface area contributed by atoms with E-state index in [0.29, 0.717) is 16.5 Å². The molecule has 0 aliphatic carbocycles. The van der Waals surface area contributed by atoms with Crippen molar-refractivity contribution in [3.05, 3.63) is 53.1 Å². The Bertz CT molecular complexity index is 790. The highest BCUT2D eigenvalue weighted by molar-refractivity contribution is 6.30. The number of anilines is 1. The molecule has 3 unspecified atom stereocenters. The first-order chi connectivity index (χ1) is 12.1. The highest BCUT2D eigenvalue weighted by Gasteiger charge is 2.44. The third-order valence-corrected chi connectivity index (χ3v) is 5.19. The highest BCUT2D eigenvalue weighted by Crippen LogP contribution is 2.39. The quantitative estimate of drug-likeness (QED) is 0.842. The maximum absolute atomic E-state index is 12.6. The molecule has 2 saturated heterocycles. The number of aryl methyl sites for hydroxylation is 1. The van der Waals surface area contributed by atoms with Gasteiger partial charge in [-0.2, -0.15) is 0 Å². The number of hydrogen-bond donors (Lipinski definition) is 1. The molecule has 1 amide bonds. The lowest BCUT2D eigenvalue weighted by Gasteiger charge is -2.18. The Kier molecular flexibility index (Phi) is 4.40. The van der Waals surface area contributed by atoms with Gasteiger partial charge >= 0.3 is 0 Å². The highest BCUT2D eigenvalue weighted by atomic mass is 35.5.